The molecule has 3 unspecified atom stereocenters. The van der Waals surface area contributed by atoms with Crippen LogP contribution in [0.15, 0.2) is 30.3 Å². The van der Waals surface area contributed by atoms with Crippen molar-refractivity contribution < 1.29 is 53.7 Å². The van der Waals surface area contributed by atoms with Crippen LogP contribution in [0.1, 0.15) is 11.7 Å². The molecule has 1 N–H and O–H groups in total. The Kier molecular flexibility index (Phi) is 5.07. The van der Waals surface area contributed by atoms with E-state index in [-0.39, 0.29) is 0 Å². The maximum absolute atomic E-state index is 14.5. The molecule has 3 atom stereocenters. The molecule has 2 rings (SSSR count). The Hall–Kier alpha value is -1.10. The quantitative estimate of drug-likeness (QED) is 0.550. The van der Waals surface area contributed by atoms with Crippen molar-refractivity contribution in [3.63, 3.8) is 0 Å². The monoisotopic (exact) mass is 416 g/mol. The Morgan fingerprint density at radius 3 is 1.88 bits per heavy atom. The molecule has 13 heteroatoms. The summed E-state index contributed by atoms with van der Waals surface area (Å²) in [5.74, 6) is -25.1. The van der Waals surface area contributed by atoms with E-state index < -0.39 is 49.8 Å². The largest absolute Gasteiger partial charge is 0.428 e. The normalized spacial score (nSPS) is 29.3. The molecule has 0 aliphatic carbocycles. The predicted molar refractivity (Wildman–Crippen MR) is 70.0 cm³/mol. The van der Waals surface area contributed by atoms with Gasteiger partial charge in [0.2, 0.25) is 0 Å². The van der Waals surface area contributed by atoms with Crippen LogP contribution in [-0.4, -0.2) is 41.3 Å². The fourth-order valence-corrected chi connectivity index (χ4v) is 2.81. The lowest BCUT2D eigenvalue weighted by atomic mass is 9.92. The Morgan fingerprint density at radius 1 is 1.00 bits per heavy atom. The summed E-state index contributed by atoms with van der Waals surface area (Å²) in [5, 5.41) is 0. The highest BCUT2D eigenvalue weighted by Crippen LogP contribution is 2.67. The van der Waals surface area contributed by atoms with Gasteiger partial charge in [-0.05, 0) is 5.56 Å². The number of alkyl halides is 9. The highest BCUT2D eigenvalue weighted by Gasteiger charge is 2.95. The van der Waals surface area contributed by atoms with Crippen LogP contribution in [0.2, 0.25) is 0 Å². The average Bonchev–Trinajstić information content (AvgIpc) is 2.61. The molecule has 0 amide bonds. The minimum absolute atomic E-state index is 0.740. The van der Waals surface area contributed by atoms with Gasteiger partial charge in [-0.25, -0.2) is 0 Å². The van der Waals surface area contributed by atoms with Crippen LogP contribution in [0.25, 0.3) is 0 Å². The van der Waals surface area contributed by atoms with Crippen molar-refractivity contribution in [1.29, 1.82) is 0 Å². The molecule has 3 nitrogen and oxygen atoms in total. The van der Waals surface area contributed by atoms with Crippen molar-refractivity contribution >= 4 is 8.38 Å². The third kappa shape index (κ3) is 2.78. The van der Waals surface area contributed by atoms with Gasteiger partial charge in [0, 0.05) is 6.66 Å². The molecule has 1 aromatic carbocycles. The fourth-order valence-electron chi connectivity index (χ4n) is 2.25. The Balaban J connectivity index is 2.62. The van der Waals surface area contributed by atoms with Crippen LogP contribution in [0.3, 0.4) is 0 Å². The maximum Gasteiger partial charge on any atom is 0.428 e. The van der Waals surface area contributed by atoms with Crippen molar-refractivity contribution in [1.82, 2.24) is 0 Å². The minimum atomic E-state index is -6.62. The summed E-state index contributed by atoms with van der Waals surface area (Å²) in [5.41, 5.74) is -0.740. The second-order valence-electron chi connectivity index (χ2n) is 5.35. The summed E-state index contributed by atoms with van der Waals surface area (Å²) in [7, 11) is -2.77. The van der Waals surface area contributed by atoms with Crippen molar-refractivity contribution in [2.45, 2.75) is 35.8 Å². The smallest absolute Gasteiger partial charge is 0.350 e. The van der Waals surface area contributed by atoms with E-state index in [4.69, 9.17) is 0 Å². The average molecular weight is 416 g/mol. The maximum atomic E-state index is 14.5. The van der Waals surface area contributed by atoms with Gasteiger partial charge >= 0.3 is 29.7 Å². The van der Waals surface area contributed by atoms with Gasteiger partial charge in [-0.2, -0.15) is 39.5 Å². The van der Waals surface area contributed by atoms with Crippen molar-refractivity contribution in [3.05, 3.63) is 35.9 Å². The summed E-state index contributed by atoms with van der Waals surface area (Å²) >= 11 is 0. The molecule has 1 heterocycles. The predicted octanol–water partition coefficient (Wildman–Crippen LogP) is 4.87. The summed E-state index contributed by atoms with van der Waals surface area (Å²) < 4.78 is 130. The Bertz CT molecular complexity index is 656. The van der Waals surface area contributed by atoms with E-state index in [9.17, 15) is 44.4 Å². The number of hydrogen-bond acceptors (Lipinski definition) is 3. The molecule has 1 aliphatic heterocycles. The van der Waals surface area contributed by atoms with Crippen LogP contribution in [0.4, 0.5) is 39.5 Å². The second kappa shape index (κ2) is 6.22. The van der Waals surface area contributed by atoms with Gasteiger partial charge < -0.3 is 9.42 Å². The topological polar surface area (TPSA) is 38.7 Å². The molecule has 0 spiro atoms. The fraction of sp³-hybridized carbons (Fsp3) is 0.538. The van der Waals surface area contributed by atoms with Gasteiger partial charge in [0.15, 0.2) is 14.5 Å². The number of ether oxygens (including phenoxy) is 1. The lowest BCUT2D eigenvalue weighted by Gasteiger charge is -2.37. The first-order chi connectivity index (χ1) is 11.6. The first-order valence-electron chi connectivity index (χ1n) is 6.66. The zero-order chi connectivity index (χ0) is 20.2. The van der Waals surface area contributed by atoms with Gasteiger partial charge in [0.1, 0.15) is 0 Å². The Morgan fingerprint density at radius 2 is 1.50 bits per heavy atom. The first-order valence-corrected chi connectivity index (χ1v) is 8.32. The minimum Gasteiger partial charge on any atom is -0.350 e. The SMILES string of the molecule is CP(O)OC(c1ccccc1)C(F)(F)C1(F)OC(F)(F)C(F)(F)C1(F)F. The number of hydrogen-bond donors (Lipinski definition) is 1. The van der Waals surface area contributed by atoms with E-state index in [1.165, 1.54) is 6.07 Å². The zero-order valence-corrected chi connectivity index (χ0v) is 13.5. The lowest BCUT2D eigenvalue weighted by molar-refractivity contribution is -0.388. The van der Waals surface area contributed by atoms with Crippen LogP contribution in [0.5, 0.6) is 0 Å². The van der Waals surface area contributed by atoms with Crippen molar-refractivity contribution in [3.8, 4) is 0 Å². The highest BCUT2D eigenvalue weighted by molar-refractivity contribution is 7.45. The molecular weight excluding hydrogens is 406 g/mol. The summed E-state index contributed by atoms with van der Waals surface area (Å²) in [6.45, 7) is 0.795. The van der Waals surface area contributed by atoms with Gasteiger partial charge in [-0.1, -0.05) is 30.3 Å². The molecule has 1 fully saturated rings. The first kappa shape index (κ1) is 21.2. The molecular formula is C13H10F9O3P. The molecule has 1 saturated heterocycles. The van der Waals surface area contributed by atoms with Crippen LogP contribution in [-0.2, 0) is 9.26 Å². The number of benzene rings is 1. The molecule has 0 bridgehead atoms. The third-order valence-corrected chi connectivity index (χ3v) is 4.07. The van der Waals surface area contributed by atoms with E-state index in [2.05, 4.69) is 9.26 Å². The van der Waals surface area contributed by atoms with Crippen LogP contribution in [0, 0.1) is 0 Å². The summed E-state index contributed by atoms with van der Waals surface area (Å²) in [6, 6.07) is 5.06. The van der Waals surface area contributed by atoms with Crippen molar-refractivity contribution in [2.24, 2.45) is 0 Å². The highest BCUT2D eigenvalue weighted by atomic mass is 31.2. The molecule has 0 aromatic heterocycles. The summed E-state index contributed by atoms with van der Waals surface area (Å²) in [4.78, 5) is 9.17. The van der Waals surface area contributed by atoms with E-state index >= 15 is 0 Å². The third-order valence-electron chi connectivity index (χ3n) is 3.55. The van der Waals surface area contributed by atoms with Gasteiger partial charge in [0.25, 0.3) is 0 Å². The second-order valence-corrected chi connectivity index (χ2v) is 6.49. The van der Waals surface area contributed by atoms with Gasteiger partial charge in [-0.15, -0.1) is 0 Å². The molecule has 148 valence electrons. The van der Waals surface area contributed by atoms with E-state index in [1.807, 2.05) is 0 Å². The van der Waals surface area contributed by atoms with Crippen LogP contribution < -0.4 is 0 Å². The van der Waals surface area contributed by atoms with Crippen LogP contribution >= 0.6 is 8.38 Å². The van der Waals surface area contributed by atoms with E-state index in [1.54, 1.807) is 0 Å². The van der Waals surface area contributed by atoms with E-state index in [0.717, 1.165) is 30.9 Å². The molecule has 1 aromatic rings. The number of halogens is 9. The molecule has 0 saturated carbocycles. The summed E-state index contributed by atoms with van der Waals surface area (Å²) in [6.07, 6.45) is -9.34. The zero-order valence-electron chi connectivity index (χ0n) is 12.6. The van der Waals surface area contributed by atoms with Crippen molar-refractivity contribution in [2.75, 3.05) is 6.66 Å². The number of rotatable bonds is 5. The lowest BCUT2D eigenvalue weighted by Crippen LogP contribution is -2.62. The Labute approximate surface area is 141 Å². The molecule has 0 radical (unpaired) electrons. The van der Waals surface area contributed by atoms with Gasteiger partial charge in [-0.3, -0.25) is 4.74 Å². The molecule has 26 heavy (non-hydrogen) atoms. The standard InChI is InChI=1S/C13H10F9O3P/c1-26(23)24-8(7-5-3-2-4-6-7)9(14,15)12(20)10(16,17)11(18,19)13(21,22)25-12/h2-6,8,23H,1H3. The van der Waals surface area contributed by atoms with E-state index in [0.29, 0.717) is 0 Å². The van der Waals surface area contributed by atoms with Gasteiger partial charge in [0.05, 0.1) is 0 Å². The molecule has 1 aliphatic rings.